The molecular weight excluding hydrogens is 200 g/mol. The van der Waals surface area contributed by atoms with Gasteiger partial charge < -0.3 is 14.6 Å². The maximum Gasteiger partial charge on any atom is 0.0721 e. The minimum absolute atomic E-state index is 0.263. The van der Waals surface area contributed by atoms with Crippen molar-refractivity contribution in [3.05, 3.63) is 24.0 Å². The van der Waals surface area contributed by atoms with Crippen LogP contribution in [0.1, 0.15) is 38.3 Å². The average Bonchev–Trinajstić information content (AvgIpc) is 2.74. The maximum atomic E-state index is 5.26. The number of nitrogens with zero attached hydrogens (tertiary/aromatic N) is 1. The number of hydrogen-bond acceptors (Lipinski definition) is 2. The fourth-order valence-corrected chi connectivity index (χ4v) is 1.92. The first-order valence-electron chi connectivity index (χ1n) is 6.07. The standard InChI is InChI=1S/C13H24N2O/c1-5-6-13(14-3)12-7-8-15(10-12)9-11(2)16-4/h7-8,10-11,13-14H,5-6,9H2,1-4H3. The predicted octanol–water partition coefficient (Wildman–Crippen LogP) is 2.58. The van der Waals surface area contributed by atoms with Gasteiger partial charge in [-0.1, -0.05) is 13.3 Å². The summed E-state index contributed by atoms with van der Waals surface area (Å²) in [4.78, 5) is 0. The summed E-state index contributed by atoms with van der Waals surface area (Å²) in [7, 11) is 3.78. The molecule has 0 fully saturated rings. The minimum Gasteiger partial charge on any atom is -0.380 e. The molecule has 3 nitrogen and oxygen atoms in total. The van der Waals surface area contributed by atoms with Crippen LogP contribution in [-0.2, 0) is 11.3 Å². The van der Waals surface area contributed by atoms with Crippen LogP contribution in [0.4, 0.5) is 0 Å². The van der Waals surface area contributed by atoms with Crippen molar-refractivity contribution in [2.45, 2.75) is 45.4 Å². The van der Waals surface area contributed by atoms with Gasteiger partial charge in [0.25, 0.3) is 0 Å². The van der Waals surface area contributed by atoms with Crippen molar-refractivity contribution in [3.8, 4) is 0 Å². The molecule has 0 aliphatic heterocycles. The highest BCUT2D eigenvalue weighted by Crippen LogP contribution is 2.18. The lowest BCUT2D eigenvalue weighted by molar-refractivity contribution is 0.103. The van der Waals surface area contributed by atoms with Gasteiger partial charge in [-0.25, -0.2) is 0 Å². The summed E-state index contributed by atoms with van der Waals surface area (Å²) in [5.41, 5.74) is 1.37. The molecule has 0 amide bonds. The van der Waals surface area contributed by atoms with Gasteiger partial charge in [-0.05, 0) is 32.0 Å². The Morgan fingerprint density at radius 3 is 2.81 bits per heavy atom. The van der Waals surface area contributed by atoms with E-state index in [9.17, 15) is 0 Å². The third kappa shape index (κ3) is 3.65. The molecule has 2 unspecified atom stereocenters. The molecule has 2 atom stereocenters. The topological polar surface area (TPSA) is 26.2 Å². The summed E-state index contributed by atoms with van der Waals surface area (Å²) >= 11 is 0. The first-order chi connectivity index (χ1) is 7.71. The monoisotopic (exact) mass is 224 g/mol. The number of aromatic nitrogens is 1. The van der Waals surface area contributed by atoms with E-state index < -0.39 is 0 Å². The van der Waals surface area contributed by atoms with E-state index in [1.165, 1.54) is 18.4 Å². The highest BCUT2D eigenvalue weighted by Gasteiger charge is 2.10. The van der Waals surface area contributed by atoms with E-state index >= 15 is 0 Å². The van der Waals surface area contributed by atoms with E-state index in [0.29, 0.717) is 6.04 Å². The largest absolute Gasteiger partial charge is 0.380 e. The van der Waals surface area contributed by atoms with Gasteiger partial charge in [0.1, 0.15) is 0 Å². The lowest BCUT2D eigenvalue weighted by Gasteiger charge is -2.14. The van der Waals surface area contributed by atoms with Crippen LogP contribution in [0.2, 0.25) is 0 Å². The Balaban J connectivity index is 2.62. The van der Waals surface area contributed by atoms with Crippen molar-refractivity contribution in [1.29, 1.82) is 0 Å². The van der Waals surface area contributed by atoms with E-state index in [1.54, 1.807) is 7.11 Å². The summed E-state index contributed by atoms with van der Waals surface area (Å²) in [5.74, 6) is 0. The zero-order chi connectivity index (χ0) is 12.0. The minimum atomic E-state index is 0.263. The van der Waals surface area contributed by atoms with Crippen molar-refractivity contribution in [2.75, 3.05) is 14.2 Å². The van der Waals surface area contributed by atoms with Gasteiger partial charge in [0, 0.05) is 32.1 Å². The lowest BCUT2D eigenvalue weighted by atomic mass is 10.1. The second kappa shape index (κ2) is 6.71. The van der Waals surface area contributed by atoms with Crippen LogP contribution >= 0.6 is 0 Å². The van der Waals surface area contributed by atoms with Crippen LogP contribution < -0.4 is 5.32 Å². The molecular formula is C13H24N2O. The Morgan fingerprint density at radius 1 is 1.50 bits per heavy atom. The number of hydrogen-bond donors (Lipinski definition) is 1. The molecule has 0 bridgehead atoms. The quantitative estimate of drug-likeness (QED) is 0.770. The van der Waals surface area contributed by atoms with E-state index in [1.807, 2.05) is 7.05 Å². The van der Waals surface area contributed by atoms with Crippen LogP contribution in [-0.4, -0.2) is 24.8 Å². The highest BCUT2D eigenvalue weighted by atomic mass is 16.5. The first kappa shape index (κ1) is 13.3. The molecule has 0 saturated carbocycles. The maximum absolute atomic E-state index is 5.26. The zero-order valence-corrected chi connectivity index (χ0v) is 10.9. The summed E-state index contributed by atoms with van der Waals surface area (Å²) < 4.78 is 7.46. The third-order valence-corrected chi connectivity index (χ3v) is 2.97. The molecule has 0 saturated heterocycles. The molecule has 3 heteroatoms. The van der Waals surface area contributed by atoms with Crippen molar-refractivity contribution in [1.82, 2.24) is 9.88 Å². The van der Waals surface area contributed by atoms with Crippen LogP contribution in [0.25, 0.3) is 0 Å². The summed E-state index contributed by atoms with van der Waals surface area (Å²) in [6.07, 6.45) is 6.99. The van der Waals surface area contributed by atoms with Crippen molar-refractivity contribution in [2.24, 2.45) is 0 Å². The molecule has 0 spiro atoms. The molecule has 1 rings (SSSR count). The molecule has 92 valence electrons. The molecule has 1 aromatic heterocycles. The van der Waals surface area contributed by atoms with Gasteiger partial charge in [-0.2, -0.15) is 0 Å². The number of rotatable bonds is 7. The van der Waals surface area contributed by atoms with Crippen LogP contribution in [0.3, 0.4) is 0 Å². The van der Waals surface area contributed by atoms with E-state index in [2.05, 4.69) is 42.2 Å². The Bertz CT molecular complexity index is 296. The Morgan fingerprint density at radius 2 is 2.25 bits per heavy atom. The normalized spacial score (nSPS) is 15.0. The fraction of sp³-hybridized carbons (Fsp3) is 0.692. The van der Waals surface area contributed by atoms with Crippen LogP contribution in [0, 0.1) is 0 Å². The van der Waals surface area contributed by atoms with Crippen LogP contribution in [0.15, 0.2) is 18.5 Å². The van der Waals surface area contributed by atoms with Gasteiger partial charge >= 0.3 is 0 Å². The Hall–Kier alpha value is -0.800. The molecule has 1 aromatic rings. The van der Waals surface area contributed by atoms with Crippen molar-refractivity contribution < 1.29 is 4.74 Å². The van der Waals surface area contributed by atoms with Crippen LogP contribution in [0.5, 0.6) is 0 Å². The number of nitrogens with one attached hydrogen (secondary N) is 1. The van der Waals surface area contributed by atoms with Gasteiger partial charge in [-0.15, -0.1) is 0 Å². The second-order valence-electron chi connectivity index (χ2n) is 4.32. The Kier molecular flexibility index (Phi) is 5.56. The smallest absolute Gasteiger partial charge is 0.0721 e. The molecule has 0 aromatic carbocycles. The van der Waals surface area contributed by atoms with E-state index in [0.717, 1.165) is 6.54 Å². The molecule has 0 radical (unpaired) electrons. The highest BCUT2D eigenvalue weighted by molar-refractivity contribution is 5.15. The van der Waals surface area contributed by atoms with Gasteiger partial charge in [0.05, 0.1) is 6.10 Å². The van der Waals surface area contributed by atoms with E-state index in [4.69, 9.17) is 4.74 Å². The fourth-order valence-electron chi connectivity index (χ4n) is 1.92. The second-order valence-corrected chi connectivity index (χ2v) is 4.32. The average molecular weight is 224 g/mol. The summed E-state index contributed by atoms with van der Waals surface area (Å²) in [6, 6.07) is 2.67. The van der Waals surface area contributed by atoms with Crippen molar-refractivity contribution in [3.63, 3.8) is 0 Å². The third-order valence-electron chi connectivity index (χ3n) is 2.97. The lowest BCUT2D eigenvalue weighted by Crippen LogP contribution is -2.16. The summed E-state index contributed by atoms with van der Waals surface area (Å²) in [6.45, 7) is 5.22. The van der Waals surface area contributed by atoms with Gasteiger partial charge in [0.15, 0.2) is 0 Å². The number of ether oxygens (including phenoxy) is 1. The van der Waals surface area contributed by atoms with Gasteiger partial charge in [-0.3, -0.25) is 0 Å². The summed E-state index contributed by atoms with van der Waals surface area (Å²) in [5, 5.41) is 3.36. The first-order valence-corrected chi connectivity index (χ1v) is 6.07. The molecule has 1 N–H and O–H groups in total. The SMILES string of the molecule is CCCC(NC)c1ccn(CC(C)OC)c1. The predicted molar refractivity (Wildman–Crippen MR) is 67.6 cm³/mol. The molecule has 0 aliphatic carbocycles. The van der Waals surface area contributed by atoms with Crippen molar-refractivity contribution >= 4 is 0 Å². The molecule has 16 heavy (non-hydrogen) atoms. The zero-order valence-electron chi connectivity index (χ0n) is 10.9. The number of methoxy groups -OCH3 is 1. The van der Waals surface area contributed by atoms with E-state index in [-0.39, 0.29) is 6.10 Å². The molecule has 0 aliphatic rings. The molecule has 1 heterocycles. The Labute approximate surface area is 98.8 Å². The van der Waals surface area contributed by atoms with Gasteiger partial charge in [0.2, 0.25) is 0 Å².